The van der Waals surface area contributed by atoms with Gasteiger partial charge in [0.15, 0.2) is 0 Å². The average Bonchev–Trinajstić information content (AvgIpc) is 3.20. The molecular formula is C26H24N4O5S. The van der Waals surface area contributed by atoms with Crippen molar-refractivity contribution in [2.45, 2.75) is 27.3 Å². The number of thiophene rings is 1. The number of carbonyl (C=O) groups excluding carboxylic acids is 3. The third-order valence-corrected chi connectivity index (χ3v) is 6.71. The van der Waals surface area contributed by atoms with E-state index in [-0.39, 0.29) is 19.1 Å². The number of aryl methyl sites for hydroxylation is 2. The molecule has 2 N–H and O–H groups in total. The molecule has 0 saturated heterocycles. The predicted octanol–water partition coefficient (Wildman–Crippen LogP) is 4.14. The molecule has 0 atom stereocenters. The number of aromatic nitrogens is 2. The van der Waals surface area contributed by atoms with Crippen molar-refractivity contribution in [3.63, 3.8) is 0 Å². The lowest BCUT2D eigenvalue weighted by Crippen LogP contribution is -2.28. The number of esters is 1. The number of nitrogens with one attached hydrogen (secondary N) is 2. The largest absolute Gasteiger partial charge is 0.462 e. The number of fused-ring (bicyclic) bond motifs is 1. The number of carbonyl (C=O) groups is 3. The zero-order valence-corrected chi connectivity index (χ0v) is 20.8. The van der Waals surface area contributed by atoms with Crippen molar-refractivity contribution in [1.29, 1.82) is 0 Å². The molecule has 36 heavy (non-hydrogen) atoms. The van der Waals surface area contributed by atoms with Crippen molar-refractivity contribution in [1.82, 2.24) is 9.55 Å². The summed E-state index contributed by atoms with van der Waals surface area (Å²) in [6, 6.07) is 13.7. The molecule has 4 rings (SSSR count). The van der Waals surface area contributed by atoms with Gasteiger partial charge in [0.25, 0.3) is 11.5 Å². The smallest absolute Gasteiger partial charge is 0.338 e. The first-order chi connectivity index (χ1) is 17.3. The predicted molar refractivity (Wildman–Crippen MR) is 139 cm³/mol. The van der Waals surface area contributed by atoms with Gasteiger partial charge >= 0.3 is 5.97 Å². The number of anilines is 2. The molecule has 10 heteroatoms. The highest BCUT2D eigenvalue weighted by molar-refractivity contribution is 7.20. The summed E-state index contributed by atoms with van der Waals surface area (Å²) in [5.74, 6) is -1.20. The first kappa shape index (κ1) is 24.8. The van der Waals surface area contributed by atoms with Crippen LogP contribution >= 0.6 is 11.3 Å². The molecule has 184 valence electrons. The summed E-state index contributed by atoms with van der Waals surface area (Å²) in [6.45, 7) is 5.32. The summed E-state index contributed by atoms with van der Waals surface area (Å²) in [5, 5.41) is 5.89. The van der Waals surface area contributed by atoms with Gasteiger partial charge in [0.1, 0.15) is 11.4 Å². The van der Waals surface area contributed by atoms with Gasteiger partial charge in [-0.2, -0.15) is 0 Å². The van der Waals surface area contributed by atoms with E-state index in [1.54, 1.807) is 38.1 Å². The molecule has 0 unspecified atom stereocenters. The number of para-hydroxylation sites is 1. The van der Waals surface area contributed by atoms with E-state index in [4.69, 9.17) is 4.74 Å². The van der Waals surface area contributed by atoms with Crippen molar-refractivity contribution in [2.24, 2.45) is 0 Å². The summed E-state index contributed by atoms with van der Waals surface area (Å²) in [4.78, 5) is 55.5. The van der Waals surface area contributed by atoms with Crippen LogP contribution in [0, 0.1) is 13.8 Å². The standard InChI is InChI=1S/C26H24N4O5S/c1-4-35-26(34)17-9-11-18(12-10-17)28-20(31)13-30-14-27-24-21(25(30)33)16(3)22(36-24)23(32)29-19-8-6-5-7-15(19)2/h5-12,14H,4,13H2,1-3H3,(H,28,31)(H,29,32). The van der Waals surface area contributed by atoms with E-state index in [1.165, 1.54) is 10.9 Å². The van der Waals surface area contributed by atoms with Gasteiger partial charge in [0, 0.05) is 11.4 Å². The number of benzene rings is 2. The van der Waals surface area contributed by atoms with Crippen LogP contribution in [0.25, 0.3) is 10.2 Å². The summed E-state index contributed by atoms with van der Waals surface area (Å²) >= 11 is 1.13. The Bertz CT molecular complexity index is 1520. The Labute approximate surface area is 210 Å². The lowest BCUT2D eigenvalue weighted by molar-refractivity contribution is -0.116. The number of nitrogens with zero attached hydrogens (tertiary/aromatic N) is 2. The maximum Gasteiger partial charge on any atom is 0.338 e. The molecule has 2 heterocycles. The zero-order chi connectivity index (χ0) is 25.8. The van der Waals surface area contributed by atoms with Crippen LogP contribution in [0.3, 0.4) is 0 Å². The number of rotatable bonds is 7. The SMILES string of the molecule is CCOC(=O)c1ccc(NC(=O)Cn2cnc3sc(C(=O)Nc4ccccc4C)c(C)c3c2=O)cc1. The second-order valence-corrected chi connectivity index (χ2v) is 9.03. The van der Waals surface area contributed by atoms with E-state index in [0.717, 1.165) is 16.9 Å². The van der Waals surface area contributed by atoms with E-state index in [1.807, 2.05) is 31.2 Å². The summed E-state index contributed by atoms with van der Waals surface area (Å²) in [7, 11) is 0. The highest BCUT2D eigenvalue weighted by Gasteiger charge is 2.20. The fraction of sp³-hybridized carbons (Fsp3) is 0.192. The van der Waals surface area contributed by atoms with Crippen LogP contribution in [0.4, 0.5) is 11.4 Å². The summed E-state index contributed by atoms with van der Waals surface area (Å²) in [6.07, 6.45) is 1.30. The Morgan fingerprint density at radius 2 is 1.75 bits per heavy atom. The Hall–Kier alpha value is -4.31. The van der Waals surface area contributed by atoms with Crippen LogP contribution in [0.1, 0.15) is 38.1 Å². The van der Waals surface area contributed by atoms with Crippen molar-refractivity contribution >= 4 is 50.7 Å². The normalized spacial score (nSPS) is 10.8. The van der Waals surface area contributed by atoms with E-state index in [9.17, 15) is 19.2 Å². The van der Waals surface area contributed by atoms with Crippen LogP contribution < -0.4 is 16.2 Å². The second kappa shape index (κ2) is 10.5. The molecule has 9 nitrogen and oxygen atoms in total. The Balaban J connectivity index is 1.51. The number of amides is 2. The van der Waals surface area contributed by atoms with Crippen molar-refractivity contribution in [3.8, 4) is 0 Å². The number of ether oxygens (including phenoxy) is 1. The molecule has 0 aliphatic carbocycles. The minimum absolute atomic E-state index is 0.262. The van der Waals surface area contributed by atoms with Crippen LogP contribution in [-0.2, 0) is 16.1 Å². The van der Waals surface area contributed by atoms with E-state index in [0.29, 0.717) is 37.6 Å². The fourth-order valence-electron chi connectivity index (χ4n) is 3.64. The third-order valence-electron chi connectivity index (χ3n) is 5.51. The summed E-state index contributed by atoms with van der Waals surface area (Å²) < 4.78 is 6.14. The molecule has 4 aromatic rings. The lowest BCUT2D eigenvalue weighted by Gasteiger charge is -2.08. The first-order valence-electron chi connectivity index (χ1n) is 11.2. The van der Waals surface area contributed by atoms with Gasteiger partial charge in [-0.25, -0.2) is 9.78 Å². The van der Waals surface area contributed by atoms with E-state index >= 15 is 0 Å². The minimum Gasteiger partial charge on any atom is -0.462 e. The highest BCUT2D eigenvalue weighted by atomic mass is 32.1. The fourth-order valence-corrected chi connectivity index (χ4v) is 4.67. The number of hydrogen-bond donors (Lipinski definition) is 2. The van der Waals surface area contributed by atoms with E-state index < -0.39 is 17.4 Å². The van der Waals surface area contributed by atoms with Gasteiger partial charge in [-0.15, -0.1) is 11.3 Å². The Kier molecular flexibility index (Phi) is 7.25. The van der Waals surface area contributed by atoms with Gasteiger partial charge in [-0.1, -0.05) is 18.2 Å². The molecule has 0 radical (unpaired) electrons. The van der Waals surface area contributed by atoms with Crippen LogP contribution in [-0.4, -0.2) is 33.9 Å². The molecule has 2 aromatic heterocycles. The number of hydrogen-bond acceptors (Lipinski definition) is 7. The molecule has 0 spiro atoms. The van der Waals surface area contributed by atoms with Gasteiger partial charge < -0.3 is 15.4 Å². The minimum atomic E-state index is -0.445. The molecule has 2 aromatic carbocycles. The zero-order valence-electron chi connectivity index (χ0n) is 20.0. The maximum atomic E-state index is 13.1. The Morgan fingerprint density at radius 1 is 1.03 bits per heavy atom. The van der Waals surface area contributed by atoms with Gasteiger partial charge in [0.2, 0.25) is 5.91 Å². The quantitative estimate of drug-likeness (QED) is 0.365. The van der Waals surface area contributed by atoms with Crippen molar-refractivity contribution in [3.05, 3.63) is 86.8 Å². The molecule has 0 saturated carbocycles. The maximum absolute atomic E-state index is 13.1. The lowest BCUT2D eigenvalue weighted by atomic mass is 10.2. The van der Waals surface area contributed by atoms with Gasteiger partial charge in [-0.05, 0) is 62.2 Å². The van der Waals surface area contributed by atoms with E-state index in [2.05, 4.69) is 15.6 Å². The van der Waals surface area contributed by atoms with Crippen LogP contribution in [0.15, 0.2) is 59.7 Å². The van der Waals surface area contributed by atoms with Crippen LogP contribution in [0.2, 0.25) is 0 Å². The molecule has 0 aliphatic heterocycles. The summed E-state index contributed by atoms with van der Waals surface area (Å²) in [5.41, 5.74) is 2.57. The molecular weight excluding hydrogens is 480 g/mol. The molecule has 0 bridgehead atoms. The van der Waals surface area contributed by atoms with Gasteiger partial charge in [-0.3, -0.25) is 19.0 Å². The molecule has 2 amide bonds. The van der Waals surface area contributed by atoms with Crippen molar-refractivity contribution in [2.75, 3.05) is 17.2 Å². The highest BCUT2D eigenvalue weighted by Crippen LogP contribution is 2.28. The Morgan fingerprint density at radius 3 is 2.44 bits per heavy atom. The monoisotopic (exact) mass is 504 g/mol. The average molecular weight is 505 g/mol. The first-order valence-corrected chi connectivity index (χ1v) is 12.0. The molecule has 0 fully saturated rings. The third kappa shape index (κ3) is 5.18. The second-order valence-electron chi connectivity index (χ2n) is 8.03. The van der Waals surface area contributed by atoms with Gasteiger partial charge in [0.05, 0.1) is 28.8 Å². The topological polar surface area (TPSA) is 119 Å². The van der Waals surface area contributed by atoms with Crippen LogP contribution in [0.5, 0.6) is 0 Å². The van der Waals surface area contributed by atoms with Crippen molar-refractivity contribution < 1.29 is 19.1 Å². The molecule has 0 aliphatic rings.